The van der Waals surface area contributed by atoms with Crippen molar-refractivity contribution in [3.05, 3.63) is 0 Å². The van der Waals surface area contributed by atoms with Crippen LogP contribution in [0.1, 0.15) is 39.5 Å². The van der Waals surface area contributed by atoms with E-state index in [2.05, 4.69) is 13.8 Å². The molecule has 0 aromatic heterocycles. The molecule has 1 saturated carbocycles. The Labute approximate surface area is 75.5 Å². The molecule has 1 fully saturated rings. The van der Waals surface area contributed by atoms with E-state index < -0.39 is 0 Å². The highest BCUT2D eigenvalue weighted by molar-refractivity contribution is 4.85. The summed E-state index contributed by atoms with van der Waals surface area (Å²) in [7, 11) is 0. The summed E-state index contributed by atoms with van der Waals surface area (Å²) in [6.45, 7) is 5.80. The van der Waals surface area contributed by atoms with Crippen molar-refractivity contribution < 1.29 is 4.74 Å². The van der Waals surface area contributed by atoms with E-state index >= 15 is 0 Å². The molecule has 0 aliphatic heterocycles. The molecule has 0 saturated heterocycles. The number of hydrogen-bond donors (Lipinski definition) is 1. The van der Waals surface area contributed by atoms with Crippen LogP contribution < -0.4 is 5.73 Å². The smallest absolute Gasteiger partial charge is 0.0669 e. The summed E-state index contributed by atoms with van der Waals surface area (Å²) in [6, 6.07) is 0. The van der Waals surface area contributed by atoms with Gasteiger partial charge in [0.2, 0.25) is 0 Å². The first-order valence-corrected chi connectivity index (χ1v) is 5.04. The van der Waals surface area contributed by atoms with Gasteiger partial charge in [-0.1, -0.05) is 12.8 Å². The van der Waals surface area contributed by atoms with Crippen molar-refractivity contribution in [3.63, 3.8) is 0 Å². The highest BCUT2D eigenvalue weighted by Crippen LogP contribution is 2.39. The van der Waals surface area contributed by atoms with Gasteiger partial charge in [-0.25, -0.2) is 0 Å². The van der Waals surface area contributed by atoms with Crippen molar-refractivity contribution >= 4 is 0 Å². The molecule has 1 unspecified atom stereocenters. The number of ether oxygens (including phenoxy) is 1. The van der Waals surface area contributed by atoms with Crippen LogP contribution >= 0.6 is 0 Å². The van der Waals surface area contributed by atoms with E-state index in [9.17, 15) is 0 Å². The predicted octanol–water partition coefficient (Wildman–Crippen LogP) is 1.93. The Morgan fingerprint density at radius 3 is 2.58 bits per heavy atom. The lowest BCUT2D eigenvalue weighted by Crippen LogP contribution is -2.32. The lowest BCUT2D eigenvalue weighted by Gasteiger charge is -2.29. The van der Waals surface area contributed by atoms with Crippen molar-refractivity contribution in [1.82, 2.24) is 0 Å². The van der Waals surface area contributed by atoms with Crippen LogP contribution in [0, 0.1) is 5.92 Å². The molecule has 0 aromatic carbocycles. The van der Waals surface area contributed by atoms with Crippen LogP contribution in [-0.4, -0.2) is 18.8 Å². The minimum absolute atomic E-state index is 0.0602. The lowest BCUT2D eigenvalue weighted by atomic mass is 9.95. The fraction of sp³-hybridized carbons (Fsp3) is 1.00. The molecule has 1 atom stereocenters. The van der Waals surface area contributed by atoms with Gasteiger partial charge in [0, 0.05) is 6.61 Å². The van der Waals surface area contributed by atoms with Crippen LogP contribution in [0.5, 0.6) is 0 Å². The Bertz CT molecular complexity index is 126. The van der Waals surface area contributed by atoms with Gasteiger partial charge in [-0.15, -0.1) is 0 Å². The zero-order chi connectivity index (χ0) is 9.03. The zero-order valence-electron chi connectivity index (χ0n) is 8.31. The van der Waals surface area contributed by atoms with Crippen LogP contribution in [0.15, 0.2) is 0 Å². The van der Waals surface area contributed by atoms with Gasteiger partial charge in [0.25, 0.3) is 0 Å². The molecule has 1 aliphatic carbocycles. The van der Waals surface area contributed by atoms with Crippen molar-refractivity contribution in [2.24, 2.45) is 11.7 Å². The van der Waals surface area contributed by atoms with Crippen LogP contribution in [0.25, 0.3) is 0 Å². The first-order valence-electron chi connectivity index (χ1n) is 5.04. The quantitative estimate of drug-likeness (QED) is 0.662. The maximum Gasteiger partial charge on any atom is 0.0669 e. The summed E-state index contributed by atoms with van der Waals surface area (Å²) in [6.07, 6.45) is 5.00. The number of nitrogens with two attached hydrogens (primary N) is 1. The summed E-state index contributed by atoms with van der Waals surface area (Å²) in [5, 5.41) is 0. The normalized spacial score (nSPS) is 22.2. The average molecular weight is 171 g/mol. The van der Waals surface area contributed by atoms with Gasteiger partial charge in [0.05, 0.1) is 5.60 Å². The third-order valence-corrected chi connectivity index (χ3v) is 2.58. The largest absolute Gasteiger partial charge is 0.376 e. The second-order valence-electron chi connectivity index (χ2n) is 4.07. The first kappa shape index (κ1) is 10.0. The molecule has 0 bridgehead atoms. The van der Waals surface area contributed by atoms with Gasteiger partial charge in [0.15, 0.2) is 0 Å². The lowest BCUT2D eigenvalue weighted by molar-refractivity contribution is -0.0390. The predicted molar refractivity (Wildman–Crippen MR) is 51.0 cm³/mol. The molecule has 2 heteroatoms. The molecule has 0 heterocycles. The molecule has 2 N–H and O–H groups in total. The maximum atomic E-state index is 5.74. The Morgan fingerprint density at radius 2 is 2.17 bits per heavy atom. The minimum Gasteiger partial charge on any atom is -0.376 e. The molecule has 0 radical (unpaired) electrons. The minimum atomic E-state index is 0.0602. The molecule has 0 spiro atoms. The van der Waals surface area contributed by atoms with E-state index in [1.54, 1.807) is 0 Å². The summed E-state index contributed by atoms with van der Waals surface area (Å²) in [5.41, 5.74) is 5.62. The number of rotatable bonds is 6. The molecule has 1 rings (SSSR count). The summed E-state index contributed by atoms with van der Waals surface area (Å²) in [5.74, 6) is 0.924. The maximum absolute atomic E-state index is 5.74. The van der Waals surface area contributed by atoms with Crippen molar-refractivity contribution in [2.75, 3.05) is 13.2 Å². The SMILES string of the molecule is CCOC(C)(CCN)CC1CC1. The molecule has 2 nitrogen and oxygen atoms in total. The topological polar surface area (TPSA) is 35.2 Å². The molecule has 0 aromatic rings. The van der Waals surface area contributed by atoms with E-state index in [4.69, 9.17) is 10.5 Å². The van der Waals surface area contributed by atoms with Crippen LogP contribution in [0.2, 0.25) is 0 Å². The van der Waals surface area contributed by atoms with Gasteiger partial charge < -0.3 is 10.5 Å². The van der Waals surface area contributed by atoms with E-state index in [1.807, 2.05) is 0 Å². The van der Waals surface area contributed by atoms with E-state index in [-0.39, 0.29) is 5.60 Å². The van der Waals surface area contributed by atoms with E-state index in [1.165, 1.54) is 19.3 Å². The van der Waals surface area contributed by atoms with Gasteiger partial charge in [-0.05, 0) is 39.2 Å². The average Bonchev–Trinajstić information content (AvgIpc) is 2.72. The highest BCUT2D eigenvalue weighted by atomic mass is 16.5. The van der Waals surface area contributed by atoms with Crippen LogP contribution in [-0.2, 0) is 4.74 Å². The van der Waals surface area contributed by atoms with Gasteiger partial charge in [-0.2, -0.15) is 0 Å². The Morgan fingerprint density at radius 1 is 1.50 bits per heavy atom. The summed E-state index contributed by atoms with van der Waals surface area (Å²) < 4.78 is 5.74. The van der Waals surface area contributed by atoms with Gasteiger partial charge in [0.1, 0.15) is 0 Å². The third kappa shape index (κ3) is 3.11. The fourth-order valence-corrected chi connectivity index (χ4v) is 1.82. The van der Waals surface area contributed by atoms with E-state index in [0.29, 0.717) is 0 Å². The molecule has 1 aliphatic rings. The summed E-state index contributed by atoms with van der Waals surface area (Å²) in [4.78, 5) is 0. The Balaban J connectivity index is 2.32. The third-order valence-electron chi connectivity index (χ3n) is 2.58. The Kier molecular flexibility index (Phi) is 3.53. The first-order chi connectivity index (χ1) is 5.70. The molecule has 72 valence electrons. The van der Waals surface area contributed by atoms with Crippen LogP contribution in [0.4, 0.5) is 0 Å². The highest BCUT2D eigenvalue weighted by Gasteiger charge is 2.33. The van der Waals surface area contributed by atoms with E-state index in [0.717, 1.165) is 25.5 Å². The van der Waals surface area contributed by atoms with Gasteiger partial charge in [-0.3, -0.25) is 0 Å². The Hall–Kier alpha value is -0.0800. The second kappa shape index (κ2) is 4.24. The fourth-order valence-electron chi connectivity index (χ4n) is 1.82. The van der Waals surface area contributed by atoms with Crippen molar-refractivity contribution in [3.8, 4) is 0 Å². The zero-order valence-corrected chi connectivity index (χ0v) is 8.31. The monoisotopic (exact) mass is 171 g/mol. The van der Waals surface area contributed by atoms with Gasteiger partial charge >= 0.3 is 0 Å². The molecular formula is C10H21NO. The van der Waals surface area contributed by atoms with Crippen molar-refractivity contribution in [2.45, 2.75) is 45.1 Å². The second-order valence-corrected chi connectivity index (χ2v) is 4.07. The molecule has 12 heavy (non-hydrogen) atoms. The molecule has 0 amide bonds. The summed E-state index contributed by atoms with van der Waals surface area (Å²) >= 11 is 0. The van der Waals surface area contributed by atoms with Crippen molar-refractivity contribution in [1.29, 1.82) is 0 Å². The van der Waals surface area contributed by atoms with Crippen LogP contribution in [0.3, 0.4) is 0 Å². The number of hydrogen-bond acceptors (Lipinski definition) is 2. The molecular weight excluding hydrogens is 150 g/mol. The standard InChI is InChI=1S/C10H21NO/c1-3-12-10(2,6-7-11)8-9-4-5-9/h9H,3-8,11H2,1-2H3.